The Hall–Kier alpha value is -1.71. The molecule has 0 aliphatic heterocycles. The van der Waals surface area contributed by atoms with Gasteiger partial charge in [0.05, 0.1) is 11.0 Å². The molecule has 0 unspecified atom stereocenters. The first-order valence-corrected chi connectivity index (χ1v) is 5.19. The molecule has 3 nitrogen and oxygen atoms in total. The molecule has 1 aromatic carbocycles. The van der Waals surface area contributed by atoms with Crippen LogP contribution in [-0.2, 0) is 0 Å². The van der Waals surface area contributed by atoms with Crippen LogP contribution in [0.5, 0.6) is 0 Å². The van der Waals surface area contributed by atoms with Crippen molar-refractivity contribution < 1.29 is 9.18 Å². The zero-order valence-corrected chi connectivity index (χ0v) is 9.49. The van der Waals surface area contributed by atoms with Crippen molar-refractivity contribution in [3.8, 4) is 0 Å². The van der Waals surface area contributed by atoms with Gasteiger partial charge in [0.2, 0.25) is 0 Å². The first-order valence-electron chi connectivity index (χ1n) is 5.19. The number of nitrogens with zero attached hydrogens (tertiary/aromatic N) is 2. The highest BCUT2D eigenvalue weighted by Crippen LogP contribution is 2.22. The smallest absolute Gasteiger partial charge is 0.195 e. The number of rotatable bonds is 2. The second-order valence-corrected chi connectivity index (χ2v) is 4.09. The quantitative estimate of drug-likeness (QED) is 0.729. The number of ketones is 1. The van der Waals surface area contributed by atoms with Gasteiger partial charge in [-0.15, -0.1) is 0 Å². The third-order valence-corrected chi connectivity index (χ3v) is 2.48. The molecule has 4 heteroatoms. The van der Waals surface area contributed by atoms with E-state index < -0.39 is 0 Å². The molecular weight excluding hydrogens is 207 g/mol. The molecule has 0 N–H and O–H groups in total. The first-order chi connectivity index (χ1) is 7.50. The average Bonchev–Trinajstić information content (AvgIpc) is 2.55. The number of carbonyl (C=O) groups is 1. The minimum atomic E-state index is -0.337. The number of hydrogen-bond acceptors (Lipinski definition) is 2. The Morgan fingerprint density at radius 3 is 2.69 bits per heavy atom. The standard InChI is InChI=1S/C12H13FN2O/c1-7(2)15-11-5-4-9(13)6-10(11)14-12(15)8(3)16/h4-7H,1-3H3. The molecule has 0 aliphatic carbocycles. The van der Waals surface area contributed by atoms with Gasteiger partial charge in [-0.3, -0.25) is 4.79 Å². The van der Waals surface area contributed by atoms with E-state index in [1.807, 2.05) is 18.4 Å². The number of Topliss-reactive ketones (excluding diaryl/α,β-unsaturated/α-hetero) is 1. The summed E-state index contributed by atoms with van der Waals surface area (Å²) in [6.45, 7) is 5.41. The molecule has 84 valence electrons. The van der Waals surface area contributed by atoms with Crippen LogP contribution >= 0.6 is 0 Å². The van der Waals surface area contributed by atoms with E-state index in [2.05, 4.69) is 4.98 Å². The summed E-state index contributed by atoms with van der Waals surface area (Å²) in [5.74, 6) is -0.0584. The van der Waals surface area contributed by atoms with Crippen molar-refractivity contribution in [2.24, 2.45) is 0 Å². The fourth-order valence-electron chi connectivity index (χ4n) is 1.84. The summed E-state index contributed by atoms with van der Waals surface area (Å²) in [6.07, 6.45) is 0. The minimum Gasteiger partial charge on any atom is -0.319 e. The molecule has 0 saturated heterocycles. The van der Waals surface area contributed by atoms with Crippen LogP contribution in [0.15, 0.2) is 18.2 Å². The highest BCUT2D eigenvalue weighted by atomic mass is 19.1. The number of fused-ring (bicyclic) bond motifs is 1. The van der Waals surface area contributed by atoms with Crippen molar-refractivity contribution in [2.75, 3.05) is 0 Å². The van der Waals surface area contributed by atoms with E-state index in [4.69, 9.17) is 0 Å². The van der Waals surface area contributed by atoms with Crippen LogP contribution in [0.4, 0.5) is 4.39 Å². The number of halogens is 1. The van der Waals surface area contributed by atoms with Crippen molar-refractivity contribution in [3.63, 3.8) is 0 Å². The zero-order chi connectivity index (χ0) is 11.9. The van der Waals surface area contributed by atoms with Gasteiger partial charge in [-0.25, -0.2) is 9.37 Å². The third-order valence-electron chi connectivity index (χ3n) is 2.48. The second kappa shape index (κ2) is 3.70. The van der Waals surface area contributed by atoms with Gasteiger partial charge in [0.25, 0.3) is 0 Å². The SMILES string of the molecule is CC(=O)c1nc2cc(F)ccc2n1C(C)C. The van der Waals surface area contributed by atoms with Crippen molar-refractivity contribution in [3.05, 3.63) is 29.8 Å². The molecule has 1 aromatic heterocycles. The molecule has 0 saturated carbocycles. The molecule has 0 atom stereocenters. The van der Waals surface area contributed by atoms with E-state index in [0.717, 1.165) is 5.52 Å². The lowest BCUT2D eigenvalue weighted by atomic mass is 10.3. The average molecular weight is 220 g/mol. The monoisotopic (exact) mass is 220 g/mol. The van der Waals surface area contributed by atoms with Crippen LogP contribution in [0.1, 0.15) is 37.4 Å². The van der Waals surface area contributed by atoms with E-state index in [1.165, 1.54) is 19.1 Å². The normalized spacial score (nSPS) is 11.3. The van der Waals surface area contributed by atoms with Crippen molar-refractivity contribution in [1.82, 2.24) is 9.55 Å². The lowest BCUT2D eigenvalue weighted by Crippen LogP contribution is -2.09. The maximum Gasteiger partial charge on any atom is 0.195 e. The van der Waals surface area contributed by atoms with Crippen LogP contribution < -0.4 is 0 Å². The van der Waals surface area contributed by atoms with Gasteiger partial charge in [-0.1, -0.05) is 0 Å². The molecule has 1 heterocycles. The molecule has 0 bridgehead atoms. The Morgan fingerprint density at radius 2 is 2.12 bits per heavy atom. The van der Waals surface area contributed by atoms with Crippen molar-refractivity contribution in [1.29, 1.82) is 0 Å². The number of benzene rings is 1. The topological polar surface area (TPSA) is 34.9 Å². The van der Waals surface area contributed by atoms with E-state index in [9.17, 15) is 9.18 Å². The van der Waals surface area contributed by atoms with Gasteiger partial charge in [0.15, 0.2) is 11.6 Å². The summed E-state index contributed by atoms with van der Waals surface area (Å²) in [6, 6.07) is 4.51. The molecule has 0 fully saturated rings. The van der Waals surface area contributed by atoms with Crippen molar-refractivity contribution >= 4 is 16.8 Å². The van der Waals surface area contributed by atoms with E-state index in [1.54, 1.807) is 6.07 Å². The summed E-state index contributed by atoms with van der Waals surface area (Å²) in [5, 5.41) is 0. The van der Waals surface area contributed by atoms with Crippen LogP contribution in [0.25, 0.3) is 11.0 Å². The molecule has 0 aliphatic rings. The maximum atomic E-state index is 13.0. The zero-order valence-electron chi connectivity index (χ0n) is 9.49. The summed E-state index contributed by atoms with van der Waals surface area (Å²) in [7, 11) is 0. The maximum absolute atomic E-state index is 13.0. The van der Waals surface area contributed by atoms with Gasteiger partial charge in [0, 0.05) is 19.0 Å². The summed E-state index contributed by atoms with van der Waals surface area (Å²) in [4.78, 5) is 15.6. The summed E-state index contributed by atoms with van der Waals surface area (Å²) < 4.78 is 14.9. The fourth-order valence-corrected chi connectivity index (χ4v) is 1.84. The predicted molar refractivity (Wildman–Crippen MR) is 60.1 cm³/mol. The highest BCUT2D eigenvalue weighted by molar-refractivity contribution is 5.94. The van der Waals surface area contributed by atoms with Crippen LogP contribution in [0.2, 0.25) is 0 Å². The molecule has 0 radical (unpaired) electrons. The van der Waals surface area contributed by atoms with Crippen molar-refractivity contribution in [2.45, 2.75) is 26.8 Å². The Bertz CT molecular complexity index is 557. The Morgan fingerprint density at radius 1 is 1.44 bits per heavy atom. The van der Waals surface area contributed by atoms with Gasteiger partial charge >= 0.3 is 0 Å². The van der Waals surface area contributed by atoms with Gasteiger partial charge < -0.3 is 4.57 Å². The molecule has 0 spiro atoms. The Balaban J connectivity index is 2.81. The lowest BCUT2D eigenvalue weighted by Gasteiger charge is -2.10. The molecule has 2 rings (SSSR count). The van der Waals surface area contributed by atoms with Crippen LogP contribution in [0, 0.1) is 5.82 Å². The van der Waals surface area contributed by atoms with E-state index in [0.29, 0.717) is 11.3 Å². The summed E-state index contributed by atoms with van der Waals surface area (Å²) >= 11 is 0. The Labute approximate surface area is 92.9 Å². The first kappa shape index (κ1) is 10.8. The fraction of sp³-hybridized carbons (Fsp3) is 0.333. The predicted octanol–water partition coefficient (Wildman–Crippen LogP) is 2.96. The minimum absolute atomic E-state index is 0.106. The second-order valence-electron chi connectivity index (χ2n) is 4.09. The molecule has 2 aromatic rings. The number of imidazole rings is 1. The van der Waals surface area contributed by atoms with Gasteiger partial charge in [0.1, 0.15) is 5.82 Å². The number of hydrogen-bond donors (Lipinski definition) is 0. The third kappa shape index (κ3) is 1.60. The lowest BCUT2D eigenvalue weighted by molar-refractivity contribution is 0.0998. The van der Waals surface area contributed by atoms with E-state index >= 15 is 0 Å². The van der Waals surface area contributed by atoms with Crippen LogP contribution in [-0.4, -0.2) is 15.3 Å². The number of aromatic nitrogens is 2. The largest absolute Gasteiger partial charge is 0.319 e. The summed E-state index contributed by atoms with van der Waals surface area (Å²) in [5.41, 5.74) is 1.32. The molecule has 0 amide bonds. The van der Waals surface area contributed by atoms with Crippen LogP contribution in [0.3, 0.4) is 0 Å². The Kier molecular flexibility index (Phi) is 2.50. The molecule has 16 heavy (non-hydrogen) atoms. The highest BCUT2D eigenvalue weighted by Gasteiger charge is 2.16. The molecular formula is C12H13FN2O. The number of carbonyl (C=O) groups excluding carboxylic acids is 1. The van der Waals surface area contributed by atoms with E-state index in [-0.39, 0.29) is 17.6 Å². The van der Waals surface area contributed by atoms with Gasteiger partial charge in [-0.2, -0.15) is 0 Å². The van der Waals surface area contributed by atoms with Gasteiger partial charge in [-0.05, 0) is 26.0 Å².